The van der Waals surface area contributed by atoms with Crippen molar-refractivity contribution in [2.24, 2.45) is 0 Å². The zero-order chi connectivity index (χ0) is 16.4. The van der Waals surface area contributed by atoms with Crippen LogP contribution in [-0.2, 0) is 0 Å². The van der Waals surface area contributed by atoms with Gasteiger partial charge in [-0.3, -0.25) is 4.98 Å². The van der Waals surface area contributed by atoms with Crippen LogP contribution >= 0.6 is 0 Å². The molecule has 2 N–H and O–H groups in total. The number of pyridine rings is 1. The van der Waals surface area contributed by atoms with Gasteiger partial charge in [0.1, 0.15) is 11.5 Å². The number of aromatic hydroxyl groups is 2. The Morgan fingerprint density at radius 2 is 1.39 bits per heavy atom. The van der Waals surface area contributed by atoms with E-state index in [1.54, 1.807) is 24.5 Å². The molecule has 0 bridgehead atoms. The van der Waals surface area contributed by atoms with E-state index in [0.717, 1.165) is 16.7 Å². The van der Waals surface area contributed by atoms with Crippen molar-refractivity contribution < 1.29 is 10.2 Å². The molecule has 116 valence electrons. The molecule has 1 heterocycles. The van der Waals surface area contributed by atoms with Crippen molar-refractivity contribution in [3.05, 3.63) is 77.6 Å². The number of phenolic OH excluding ortho intramolecular Hbond substituents is 2. The van der Waals surface area contributed by atoms with E-state index in [0.29, 0.717) is 11.1 Å². The van der Waals surface area contributed by atoms with Crippen LogP contribution in [-0.4, -0.2) is 15.2 Å². The lowest BCUT2D eigenvalue weighted by molar-refractivity contribution is 0.469. The van der Waals surface area contributed by atoms with Crippen LogP contribution in [0, 0.1) is 6.92 Å². The minimum atomic E-state index is 0.163. The molecule has 0 aliphatic carbocycles. The van der Waals surface area contributed by atoms with Gasteiger partial charge < -0.3 is 10.2 Å². The standard InChI is InChI=1S/C20H19NO2/c1-13-3-5-19(22)17(11-13)18-12-16(4-6-20(18)23)14(2)15-7-9-21-10-8-15/h3-12,14,22-23H,1-2H3. The van der Waals surface area contributed by atoms with Gasteiger partial charge in [-0.1, -0.05) is 24.6 Å². The van der Waals surface area contributed by atoms with Crippen molar-refractivity contribution in [1.82, 2.24) is 4.98 Å². The van der Waals surface area contributed by atoms with E-state index in [2.05, 4.69) is 11.9 Å². The van der Waals surface area contributed by atoms with Crippen molar-refractivity contribution in [2.75, 3.05) is 0 Å². The highest BCUT2D eigenvalue weighted by atomic mass is 16.3. The number of nitrogens with zero attached hydrogens (tertiary/aromatic N) is 1. The summed E-state index contributed by atoms with van der Waals surface area (Å²) in [7, 11) is 0. The molecule has 1 atom stereocenters. The topological polar surface area (TPSA) is 53.4 Å². The van der Waals surface area contributed by atoms with Gasteiger partial charge >= 0.3 is 0 Å². The molecule has 3 aromatic rings. The largest absolute Gasteiger partial charge is 0.507 e. The van der Waals surface area contributed by atoms with E-state index in [1.807, 2.05) is 43.3 Å². The predicted octanol–water partition coefficient (Wildman–Crippen LogP) is 4.62. The van der Waals surface area contributed by atoms with Crippen LogP contribution in [0.4, 0.5) is 0 Å². The molecule has 1 aromatic heterocycles. The Kier molecular flexibility index (Phi) is 4.02. The van der Waals surface area contributed by atoms with E-state index >= 15 is 0 Å². The number of hydrogen-bond acceptors (Lipinski definition) is 3. The fraction of sp³-hybridized carbons (Fsp3) is 0.150. The summed E-state index contributed by atoms with van der Waals surface area (Å²) in [6.45, 7) is 4.07. The Bertz CT molecular complexity index is 828. The third kappa shape index (κ3) is 3.04. The van der Waals surface area contributed by atoms with Gasteiger partial charge in [0.15, 0.2) is 0 Å². The molecule has 0 amide bonds. The number of aromatic nitrogens is 1. The molecule has 1 unspecified atom stereocenters. The highest BCUT2D eigenvalue weighted by Gasteiger charge is 2.14. The Labute approximate surface area is 135 Å². The first-order valence-electron chi connectivity index (χ1n) is 7.59. The van der Waals surface area contributed by atoms with Crippen LogP contribution < -0.4 is 0 Å². The second kappa shape index (κ2) is 6.13. The number of hydrogen-bond donors (Lipinski definition) is 2. The van der Waals surface area contributed by atoms with E-state index in [9.17, 15) is 10.2 Å². The fourth-order valence-corrected chi connectivity index (χ4v) is 2.75. The molecule has 23 heavy (non-hydrogen) atoms. The number of benzene rings is 2. The Morgan fingerprint density at radius 1 is 0.783 bits per heavy atom. The summed E-state index contributed by atoms with van der Waals surface area (Å²) in [5.41, 5.74) is 4.55. The molecule has 3 nitrogen and oxygen atoms in total. The summed E-state index contributed by atoms with van der Waals surface area (Å²) in [5.74, 6) is 0.500. The molecule has 0 aliphatic heterocycles. The summed E-state index contributed by atoms with van der Waals surface area (Å²) in [6.07, 6.45) is 3.55. The minimum absolute atomic E-state index is 0.163. The van der Waals surface area contributed by atoms with Gasteiger partial charge in [0.2, 0.25) is 0 Å². The first-order valence-corrected chi connectivity index (χ1v) is 7.59. The summed E-state index contributed by atoms with van der Waals surface area (Å²) >= 11 is 0. The lowest BCUT2D eigenvalue weighted by atomic mass is 9.90. The molecule has 3 heteroatoms. The van der Waals surface area contributed by atoms with Gasteiger partial charge in [0.05, 0.1) is 0 Å². The summed E-state index contributed by atoms with van der Waals surface area (Å²) in [5, 5.41) is 20.4. The molecule has 0 aliphatic rings. The van der Waals surface area contributed by atoms with E-state index in [4.69, 9.17) is 0 Å². The zero-order valence-electron chi connectivity index (χ0n) is 13.2. The smallest absolute Gasteiger partial charge is 0.123 e. The molecule has 0 radical (unpaired) electrons. The Hall–Kier alpha value is -2.81. The number of aryl methyl sites for hydroxylation is 1. The maximum absolute atomic E-state index is 10.2. The maximum atomic E-state index is 10.2. The normalized spacial score (nSPS) is 12.1. The molecule has 0 spiro atoms. The van der Waals surface area contributed by atoms with Crippen LogP contribution in [0.25, 0.3) is 11.1 Å². The fourth-order valence-electron chi connectivity index (χ4n) is 2.75. The molecule has 3 rings (SSSR count). The average Bonchev–Trinajstić information content (AvgIpc) is 2.58. The first-order chi connectivity index (χ1) is 11.1. The van der Waals surface area contributed by atoms with E-state index < -0.39 is 0 Å². The molecule has 2 aromatic carbocycles. The van der Waals surface area contributed by atoms with Crippen LogP contribution in [0.1, 0.15) is 29.5 Å². The molecule has 0 saturated carbocycles. The minimum Gasteiger partial charge on any atom is -0.507 e. The summed E-state index contributed by atoms with van der Waals surface area (Å²) in [4.78, 5) is 4.05. The van der Waals surface area contributed by atoms with Gasteiger partial charge in [0, 0.05) is 29.4 Å². The lowest BCUT2D eigenvalue weighted by Crippen LogP contribution is -1.97. The molecule has 0 saturated heterocycles. The number of phenols is 2. The lowest BCUT2D eigenvalue weighted by Gasteiger charge is -2.15. The Morgan fingerprint density at radius 3 is 2.09 bits per heavy atom. The molecular weight excluding hydrogens is 286 g/mol. The third-order valence-corrected chi connectivity index (χ3v) is 4.17. The SMILES string of the molecule is Cc1ccc(O)c(-c2cc(C(C)c3ccncc3)ccc2O)c1. The average molecular weight is 305 g/mol. The van der Waals surface area contributed by atoms with E-state index in [-0.39, 0.29) is 17.4 Å². The Balaban J connectivity index is 2.08. The van der Waals surface area contributed by atoms with Crippen molar-refractivity contribution in [2.45, 2.75) is 19.8 Å². The van der Waals surface area contributed by atoms with Crippen molar-refractivity contribution in [3.63, 3.8) is 0 Å². The van der Waals surface area contributed by atoms with E-state index in [1.165, 1.54) is 0 Å². The third-order valence-electron chi connectivity index (χ3n) is 4.17. The van der Waals surface area contributed by atoms with Crippen LogP contribution in [0.15, 0.2) is 60.9 Å². The number of rotatable bonds is 3. The quantitative estimate of drug-likeness (QED) is 0.742. The first kappa shape index (κ1) is 15.1. The summed E-state index contributed by atoms with van der Waals surface area (Å²) < 4.78 is 0. The van der Waals surface area contributed by atoms with Crippen molar-refractivity contribution in [3.8, 4) is 22.6 Å². The van der Waals surface area contributed by atoms with Crippen LogP contribution in [0.5, 0.6) is 11.5 Å². The van der Waals surface area contributed by atoms with Crippen LogP contribution in [0.2, 0.25) is 0 Å². The van der Waals surface area contributed by atoms with Gasteiger partial charge in [0.25, 0.3) is 0 Å². The van der Waals surface area contributed by atoms with Gasteiger partial charge in [-0.25, -0.2) is 0 Å². The van der Waals surface area contributed by atoms with Crippen LogP contribution in [0.3, 0.4) is 0 Å². The van der Waals surface area contributed by atoms with Crippen molar-refractivity contribution in [1.29, 1.82) is 0 Å². The zero-order valence-corrected chi connectivity index (χ0v) is 13.2. The highest BCUT2D eigenvalue weighted by molar-refractivity contribution is 5.76. The van der Waals surface area contributed by atoms with Gasteiger partial charge in [-0.15, -0.1) is 0 Å². The second-order valence-corrected chi connectivity index (χ2v) is 5.80. The molecule has 0 fully saturated rings. The highest BCUT2D eigenvalue weighted by Crippen LogP contribution is 2.38. The maximum Gasteiger partial charge on any atom is 0.123 e. The monoisotopic (exact) mass is 305 g/mol. The van der Waals surface area contributed by atoms with Gasteiger partial charge in [-0.05, 0) is 54.4 Å². The molecular formula is C20H19NO2. The summed E-state index contributed by atoms with van der Waals surface area (Å²) in [6, 6.07) is 14.9. The van der Waals surface area contributed by atoms with Crippen molar-refractivity contribution >= 4 is 0 Å². The predicted molar refractivity (Wildman–Crippen MR) is 91.7 cm³/mol. The van der Waals surface area contributed by atoms with Gasteiger partial charge in [-0.2, -0.15) is 0 Å². The second-order valence-electron chi connectivity index (χ2n) is 5.80.